The molecular weight excluding hydrogens is 380 g/mol. The molecule has 7 nitrogen and oxygen atoms in total. The molecular formula is C20H27ClN4O3. The number of carbonyl (C=O) groups is 2. The van der Waals surface area contributed by atoms with Gasteiger partial charge in [-0.25, -0.2) is 0 Å². The van der Waals surface area contributed by atoms with Gasteiger partial charge in [-0.1, -0.05) is 35.0 Å². The van der Waals surface area contributed by atoms with E-state index in [0.29, 0.717) is 31.7 Å². The number of piperidine rings is 1. The zero-order valence-corrected chi connectivity index (χ0v) is 16.8. The largest absolute Gasteiger partial charge is 0.354 e. The summed E-state index contributed by atoms with van der Waals surface area (Å²) in [7, 11) is 0. The summed E-state index contributed by atoms with van der Waals surface area (Å²) in [5.74, 6) is -0.0406. The molecule has 2 aromatic rings. The van der Waals surface area contributed by atoms with Crippen LogP contribution >= 0.6 is 12.4 Å². The van der Waals surface area contributed by atoms with Crippen molar-refractivity contribution < 1.29 is 14.1 Å². The molecule has 1 aromatic carbocycles. The minimum absolute atomic E-state index is 0. The minimum atomic E-state index is -0.182. The van der Waals surface area contributed by atoms with Crippen LogP contribution in [0.5, 0.6) is 0 Å². The van der Waals surface area contributed by atoms with Gasteiger partial charge in [-0.2, -0.15) is 0 Å². The normalized spacial score (nSPS) is 16.4. The Kier molecular flexibility index (Phi) is 8.02. The Morgan fingerprint density at radius 1 is 1.29 bits per heavy atom. The van der Waals surface area contributed by atoms with E-state index in [1.54, 1.807) is 11.0 Å². The molecule has 152 valence electrons. The third-order valence-electron chi connectivity index (χ3n) is 4.86. The van der Waals surface area contributed by atoms with Crippen molar-refractivity contribution in [3.63, 3.8) is 0 Å². The molecule has 3 N–H and O–H groups in total. The van der Waals surface area contributed by atoms with Gasteiger partial charge in [-0.15, -0.1) is 12.4 Å². The number of likely N-dealkylation sites (tertiary alicyclic amines) is 1. The van der Waals surface area contributed by atoms with Gasteiger partial charge >= 0.3 is 0 Å². The lowest BCUT2D eigenvalue weighted by Crippen LogP contribution is -2.49. The second-order valence-electron chi connectivity index (χ2n) is 6.93. The van der Waals surface area contributed by atoms with Crippen molar-refractivity contribution in [3.8, 4) is 11.3 Å². The maximum atomic E-state index is 12.9. The fraction of sp³-hybridized carbons (Fsp3) is 0.450. The summed E-state index contributed by atoms with van der Waals surface area (Å²) in [4.78, 5) is 26.4. The fourth-order valence-corrected chi connectivity index (χ4v) is 3.31. The lowest BCUT2D eigenvalue weighted by Gasteiger charge is -2.35. The average molecular weight is 407 g/mol. The van der Waals surface area contributed by atoms with E-state index in [1.165, 1.54) is 0 Å². The lowest BCUT2D eigenvalue weighted by molar-refractivity contribution is -0.121. The van der Waals surface area contributed by atoms with E-state index >= 15 is 0 Å². The highest BCUT2D eigenvalue weighted by atomic mass is 35.5. The number of halogens is 1. The Morgan fingerprint density at radius 2 is 2.04 bits per heavy atom. The SMILES string of the molecule is Cc1ccc(-c2cc(C(=O)N3CCCCC3CNC(=O)CCN)on2)cc1.Cl. The van der Waals surface area contributed by atoms with Gasteiger partial charge in [-0.05, 0) is 26.2 Å². The summed E-state index contributed by atoms with van der Waals surface area (Å²) in [5, 5.41) is 6.92. The first-order chi connectivity index (χ1) is 13.1. The highest BCUT2D eigenvalue weighted by Gasteiger charge is 2.30. The number of aromatic nitrogens is 1. The van der Waals surface area contributed by atoms with E-state index in [1.807, 2.05) is 31.2 Å². The van der Waals surface area contributed by atoms with Crippen LogP contribution in [0.2, 0.25) is 0 Å². The van der Waals surface area contributed by atoms with Crippen molar-refractivity contribution in [3.05, 3.63) is 41.7 Å². The number of amides is 2. The topological polar surface area (TPSA) is 101 Å². The number of benzene rings is 1. The molecule has 3 rings (SSSR count). The van der Waals surface area contributed by atoms with Crippen LogP contribution in [0.15, 0.2) is 34.9 Å². The maximum Gasteiger partial charge on any atom is 0.292 e. The highest BCUT2D eigenvalue weighted by Crippen LogP contribution is 2.23. The van der Waals surface area contributed by atoms with Gasteiger partial charge in [0.2, 0.25) is 11.7 Å². The molecule has 1 saturated heterocycles. The van der Waals surface area contributed by atoms with Crippen molar-refractivity contribution in [2.75, 3.05) is 19.6 Å². The molecule has 1 aromatic heterocycles. The maximum absolute atomic E-state index is 12.9. The average Bonchev–Trinajstić information content (AvgIpc) is 3.17. The van der Waals surface area contributed by atoms with E-state index < -0.39 is 0 Å². The van der Waals surface area contributed by atoms with Crippen LogP contribution in [0.25, 0.3) is 11.3 Å². The number of rotatable bonds is 6. The molecule has 0 radical (unpaired) electrons. The van der Waals surface area contributed by atoms with Crippen LogP contribution in [0.1, 0.15) is 41.8 Å². The third-order valence-corrected chi connectivity index (χ3v) is 4.86. The summed E-state index contributed by atoms with van der Waals surface area (Å²) in [6.45, 7) is 3.42. The van der Waals surface area contributed by atoms with Crippen LogP contribution in [0.4, 0.5) is 0 Å². The zero-order chi connectivity index (χ0) is 19.2. The number of nitrogens with one attached hydrogen (secondary N) is 1. The Bertz CT molecular complexity index is 791. The third kappa shape index (κ3) is 5.33. The summed E-state index contributed by atoms with van der Waals surface area (Å²) in [5.41, 5.74) is 8.11. The van der Waals surface area contributed by atoms with Gasteiger partial charge < -0.3 is 20.5 Å². The van der Waals surface area contributed by atoms with Crippen LogP contribution in [-0.4, -0.2) is 47.5 Å². The Hall–Kier alpha value is -2.38. The van der Waals surface area contributed by atoms with Crippen LogP contribution in [0.3, 0.4) is 0 Å². The highest BCUT2D eigenvalue weighted by molar-refractivity contribution is 5.92. The van der Waals surface area contributed by atoms with Crippen LogP contribution in [0, 0.1) is 6.92 Å². The number of hydrogen-bond donors (Lipinski definition) is 2. The quantitative estimate of drug-likeness (QED) is 0.767. The molecule has 1 unspecified atom stereocenters. The van der Waals surface area contributed by atoms with Gasteiger partial charge in [0.25, 0.3) is 5.91 Å². The summed E-state index contributed by atoms with van der Waals surface area (Å²) in [6.07, 6.45) is 3.13. The van der Waals surface area contributed by atoms with Crippen LogP contribution < -0.4 is 11.1 Å². The number of nitrogens with two attached hydrogens (primary N) is 1. The fourth-order valence-electron chi connectivity index (χ4n) is 3.31. The van der Waals surface area contributed by atoms with Gasteiger partial charge in [0, 0.05) is 43.7 Å². The first-order valence-electron chi connectivity index (χ1n) is 9.40. The minimum Gasteiger partial charge on any atom is -0.354 e. The molecule has 1 aliphatic heterocycles. The van der Waals surface area contributed by atoms with Crippen molar-refractivity contribution in [2.45, 2.75) is 38.6 Å². The number of aryl methyl sites for hydroxylation is 1. The molecule has 8 heteroatoms. The Balaban J connectivity index is 0.00000280. The van der Waals surface area contributed by atoms with Gasteiger partial charge in [0.05, 0.1) is 0 Å². The molecule has 2 amide bonds. The Labute approximate surface area is 171 Å². The summed E-state index contributed by atoms with van der Waals surface area (Å²) < 4.78 is 5.33. The predicted molar refractivity (Wildman–Crippen MR) is 109 cm³/mol. The first-order valence-corrected chi connectivity index (χ1v) is 9.40. The van der Waals surface area contributed by atoms with Crippen molar-refractivity contribution in [1.82, 2.24) is 15.4 Å². The van der Waals surface area contributed by atoms with Crippen molar-refractivity contribution in [1.29, 1.82) is 0 Å². The molecule has 0 spiro atoms. The molecule has 0 bridgehead atoms. The summed E-state index contributed by atoms with van der Waals surface area (Å²) >= 11 is 0. The lowest BCUT2D eigenvalue weighted by atomic mass is 10.0. The monoisotopic (exact) mass is 406 g/mol. The Morgan fingerprint density at radius 3 is 2.75 bits per heavy atom. The molecule has 1 aliphatic rings. The van der Waals surface area contributed by atoms with Gasteiger partial charge in [0.1, 0.15) is 5.69 Å². The standard InChI is InChI=1S/C20H26N4O3.ClH/c1-14-5-7-15(8-6-14)17-12-18(27-23-17)20(26)24-11-3-2-4-16(24)13-22-19(25)9-10-21;/h5-8,12,16H,2-4,9-11,13,21H2,1H3,(H,22,25);1H. The molecule has 28 heavy (non-hydrogen) atoms. The number of hydrogen-bond acceptors (Lipinski definition) is 5. The van der Waals surface area contributed by atoms with Gasteiger partial charge in [-0.3, -0.25) is 9.59 Å². The van der Waals surface area contributed by atoms with E-state index in [2.05, 4.69) is 10.5 Å². The smallest absolute Gasteiger partial charge is 0.292 e. The number of carbonyl (C=O) groups excluding carboxylic acids is 2. The molecule has 0 saturated carbocycles. The van der Waals surface area contributed by atoms with Crippen LogP contribution in [-0.2, 0) is 4.79 Å². The van der Waals surface area contributed by atoms with E-state index in [0.717, 1.165) is 30.4 Å². The van der Waals surface area contributed by atoms with Crippen molar-refractivity contribution >= 4 is 24.2 Å². The predicted octanol–water partition coefficient (Wildman–Crippen LogP) is 2.53. The molecule has 2 heterocycles. The van der Waals surface area contributed by atoms with E-state index in [4.69, 9.17) is 10.3 Å². The number of nitrogens with zero attached hydrogens (tertiary/aromatic N) is 2. The molecule has 1 fully saturated rings. The van der Waals surface area contributed by atoms with E-state index in [-0.39, 0.29) is 36.0 Å². The van der Waals surface area contributed by atoms with E-state index in [9.17, 15) is 9.59 Å². The van der Waals surface area contributed by atoms with Crippen molar-refractivity contribution in [2.24, 2.45) is 5.73 Å². The second-order valence-corrected chi connectivity index (χ2v) is 6.93. The molecule has 1 atom stereocenters. The zero-order valence-electron chi connectivity index (χ0n) is 16.0. The van der Waals surface area contributed by atoms with Gasteiger partial charge in [0.15, 0.2) is 0 Å². The second kappa shape index (κ2) is 10.2. The first kappa shape index (κ1) is 21.9. The summed E-state index contributed by atoms with van der Waals surface area (Å²) in [6, 6.07) is 9.55. The molecule has 0 aliphatic carbocycles.